The Bertz CT molecular complexity index is 800. The number of likely N-dealkylation sites (N-methyl/N-ethyl adjacent to an activating group) is 1. The van der Waals surface area contributed by atoms with Crippen LogP contribution in [0.15, 0.2) is 24.3 Å². The molecule has 31 heavy (non-hydrogen) atoms. The Hall–Kier alpha value is -2.41. The first-order valence-electron chi connectivity index (χ1n) is 11.6. The molecule has 1 aromatic carbocycles. The molecule has 4 aliphatic carbocycles. The van der Waals surface area contributed by atoms with Gasteiger partial charge in [-0.2, -0.15) is 0 Å². The fourth-order valence-corrected chi connectivity index (χ4v) is 6.42. The Morgan fingerprint density at radius 2 is 1.35 bits per heavy atom. The van der Waals surface area contributed by atoms with Gasteiger partial charge in [0.1, 0.15) is 0 Å². The van der Waals surface area contributed by atoms with Crippen LogP contribution < -0.4 is 20.9 Å². The quantitative estimate of drug-likeness (QED) is 0.508. The molecule has 168 valence electrons. The van der Waals surface area contributed by atoms with Crippen molar-refractivity contribution in [3.05, 3.63) is 24.3 Å². The highest BCUT2D eigenvalue weighted by molar-refractivity contribution is 5.92. The van der Waals surface area contributed by atoms with Crippen LogP contribution in [-0.4, -0.2) is 42.9 Å². The fraction of sp³-hybridized carbons (Fsp3) is 0.625. The van der Waals surface area contributed by atoms with Gasteiger partial charge in [0.2, 0.25) is 5.91 Å². The number of quaternary nitrogens is 1. The first-order chi connectivity index (χ1) is 14.8. The molecule has 0 aliphatic heterocycles. The minimum Gasteiger partial charge on any atom is -0.346 e. The lowest BCUT2D eigenvalue weighted by Gasteiger charge is -2.56. The second-order valence-electron chi connectivity index (χ2n) is 10.0. The van der Waals surface area contributed by atoms with Gasteiger partial charge in [0.25, 0.3) is 11.8 Å². The molecule has 1 atom stereocenters. The van der Waals surface area contributed by atoms with Gasteiger partial charge in [0.15, 0.2) is 13.1 Å². The zero-order chi connectivity index (χ0) is 22.0. The zero-order valence-electron chi connectivity index (χ0n) is 18.6. The van der Waals surface area contributed by atoms with E-state index in [9.17, 15) is 14.4 Å². The van der Waals surface area contributed by atoms with E-state index in [2.05, 4.69) is 16.0 Å². The van der Waals surface area contributed by atoms with Crippen molar-refractivity contribution < 1.29 is 19.3 Å². The van der Waals surface area contributed by atoms with Gasteiger partial charge >= 0.3 is 0 Å². The van der Waals surface area contributed by atoms with E-state index in [0.717, 1.165) is 41.9 Å². The Labute approximate surface area is 184 Å². The summed E-state index contributed by atoms with van der Waals surface area (Å²) in [5.41, 5.74) is 1.38. The van der Waals surface area contributed by atoms with Crippen molar-refractivity contribution in [2.45, 2.75) is 57.9 Å². The van der Waals surface area contributed by atoms with Crippen molar-refractivity contribution >= 4 is 29.1 Å². The minimum atomic E-state index is -0.134. The van der Waals surface area contributed by atoms with E-state index < -0.39 is 0 Å². The highest BCUT2D eigenvalue weighted by Crippen LogP contribution is 2.55. The molecule has 0 radical (unpaired) electrons. The van der Waals surface area contributed by atoms with E-state index in [1.165, 1.54) is 26.2 Å². The molecule has 0 saturated heterocycles. The SMILES string of the molecule is CC[NH+](CC(=O)Nc1ccc(NC(C)=O)cc1)CC(=O)NC12CC3CC(CC(C3)C1)C2. The second kappa shape index (κ2) is 8.99. The number of anilines is 2. The molecule has 5 rings (SSSR count). The summed E-state index contributed by atoms with van der Waals surface area (Å²) in [6.45, 7) is 4.74. The van der Waals surface area contributed by atoms with E-state index >= 15 is 0 Å². The Morgan fingerprint density at radius 3 is 1.84 bits per heavy atom. The topological polar surface area (TPSA) is 91.7 Å². The summed E-state index contributed by atoms with van der Waals surface area (Å²) in [5.74, 6) is 2.21. The van der Waals surface area contributed by atoms with Gasteiger partial charge in [-0.05, 0) is 87.5 Å². The van der Waals surface area contributed by atoms with Crippen molar-refractivity contribution in [2.24, 2.45) is 17.8 Å². The Morgan fingerprint density at radius 1 is 0.871 bits per heavy atom. The zero-order valence-corrected chi connectivity index (χ0v) is 18.6. The van der Waals surface area contributed by atoms with Crippen LogP contribution in [0.5, 0.6) is 0 Å². The number of hydrogen-bond donors (Lipinski definition) is 4. The van der Waals surface area contributed by atoms with Crippen LogP contribution in [0.3, 0.4) is 0 Å². The third-order valence-corrected chi connectivity index (χ3v) is 7.25. The number of benzene rings is 1. The molecule has 4 N–H and O–H groups in total. The predicted octanol–water partition coefficient (Wildman–Crippen LogP) is 1.57. The number of amides is 3. The van der Waals surface area contributed by atoms with Gasteiger partial charge in [-0.15, -0.1) is 0 Å². The van der Waals surface area contributed by atoms with E-state index in [1.54, 1.807) is 24.3 Å². The summed E-state index contributed by atoms with van der Waals surface area (Å²) in [6.07, 6.45) is 7.48. The molecule has 0 aromatic heterocycles. The molecule has 4 fully saturated rings. The van der Waals surface area contributed by atoms with Crippen LogP contribution in [0.2, 0.25) is 0 Å². The van der Waals surface area contributed by atoms with E-state index in [4.69, 9.17) is 0 Å². The Balaban J connectivity index is 1.26. The average molecular weight is 428 g/mol. The van der Waals surface area contributed by atoms with Gasteiger partial charge in [0, 0.05) is 23.8 Å². The molecule has 0 heterocycles. The van der Waals surface area contributed by atoms with Crippen LogP contribution in [-0.2, 0) is 14.4 Å². The molecule has 4 bridgehead atoms. The van der Waals surface area contributed by atoms with Crippen LogP contribution in [0.25, 0.3) is 0 Å². The maximum absolute atomic E-state index is 12.9. The summed E-state index contributed by atoms with van der Waals surface area (Å²) >= 11 is 0. The number of hydrogen-bond acceptors (Lipinski definition) is 3. The van der Waals surface area contributed by atoms with E-state index in [1.807, 2.05) is 6.92 Å². The highest BCUT2D eigenvalue weighted by Gasteiger charge is 2.51. The largest absolute Gasteiger partial charge is 0.346 e. The lowest BCUT2D eigenvalue weighted by Crippen LogP contribution is -3.14. The van der Waals surface area contributed by atoms with Crippen LogP contribution in [0, 0.1) is 17.8 Å². The number of carbonyl (C=O) groups is 3. The predicted molar refractivity (Wildman–Crippen MR) is 120 cm³/mol. The van der Waals surface area contributed by atoms with Gasteiger partial charge in [0.05, 0.1) is 6.54 Å². The van der Waals surface area contributed by atoms with Crippen LogP contribution >= 0.6 is 0 Å². The third kappa shape index (κ3) is 5.45. The minimum absolute atomic E-state index is 0.0165. The lowest BCUT2D eigenvalue weighted by molar-refractivity contribution is -0.881. The fourth-order valence-electron chi connectivity index (χ4n) is 6.42. The van der Waals surface area contributed by atoms with Gasteiger partial charge < -0.3 is 20.9 Å². The first kappa shape index (κ1) is 21.8. The maximum Gasteiger partial charge on any atom is 0.279 e. The summed E-state index contributed by atoms with van der Waals surface area (Å²) in [4.78, 5) is 37.4. The number of rotatable bonds is 8. The van der Waals surface area contributed by atoms with Gasteiger partial charge in [-0.3, -0.25) is 14.4 Å². The highest BCUT2D eigenvalue weighted by atomic mass is 16.2. The second-order valence-corrected chi connectivity index (χ2v) is 10.0. The monoisotopic (exact) mass is 427 g/mol. The summed E-state index contributed by atoms with van der Waals surface area (Å²) < 4.78 is 0. The molecule has 7 nitrogen and oxygen atoms in total. The molecule has 1 aromatic rings. The van der Waals surface area contributed by atoms with Crippen LogP contribution in [0.4, 0.5) is 11.4 Å². The van der Waals surface area contributed by atoms with Crippen molar-refractivity contribution in [2.75, 3.05) is 30.3 Å². The van der Waals surface area contributed by atoms with Crippen molar-refractivity contribution in [3.63, 3.8) is 0 Å². The van der Waals surface area contributed by atoms with Gasteiger partial charge in [-0.25, -0.2) is 0 Å². The average Bonchev–Trinajstić information content (AvgIpc) is 2.67. The molecule has 0 spiro atoms. The molecular weight excluding hydrogens is 392 g/mol. The lowest BCUT2D eigenvalue weighted by atomic mass is 9.53. The van der Waals surface area contributed by atoms with Crippen molar-refractivity contribution in [1.82, 2.24) is 5.32 Å². The number of carbonyl (C=O) groups excluding carboxylic acids is 3. The molecule has 3 amide bonds. The standard InChI is InChI=1S/C24H34N4O3/c1-3-28(14-22(30)26-21-6-4-20(5-7-21)25-16(2)29)15-23(31)27-24-11-17-8-18(12-24)10-19(9-17)13-24/h4-7,17-19H,3,8-15H2,1-2H3,(H,25,29)(H,26,30)(H,27,31)/p+1. The molecule has 4 aliphatic rings. The summed E-state index contributed by atoms with van der Waals surface area (Å²) in [7, 11) is 0. The smallest absolute Gasteiger partial charge is 0.279 e. The summed E-state index contributed by atoms with van der Waals surface area (Å²) in [6, 6.07) is 7.02. The molecule has 1 unspecified atom stereocenters. The number of nitrogens with one attached hydrogen (secondary N) is 4. The van der Waals surface area contributed by atoms with E-state index in [-0.39, 0.29) is 29.8 Å². The normalized spacial score (nSPS) is 29.3. The molecule has 7 heteroatoms. The van der Waals surface area contributed by atoms with Crippen molar-refractivity contribution in [1.29, 1.82) is 0 Å². The molecule has 4 saturated carbocycles. The van der Waals surface area contributed by atoms with E-state index in [0.29, 0.717) is 24.5 Å². The third-order valence-electron chi connectivity index (χ3n) is 7.25. The first-order valence-corrected chi connectivity index (χ1v) is 11.6. The summed E-state index contributed by atoms with van der Waals surface area (Å²) in [5, 5.41) is 8.99. The van der Waals surface area contributed by atoms with Crippen molar-refractivity contribution in [3.8, 4) is 0 Å². The maximum atomic E-state index is 12.9. The van der Waals surface area contributed by atoms with Crippen LogP contribution in [0.1, 0.15) is 52.4 Å². The molecular formula is C24H35N4O3+. The van der Waals surface area contributed by atoms with Gasteiger partial charge in [-0.1, -0.05) is 0 Å². The Kier molecular flexibility index (Phi) is 6.32.